The molecule has 0 aliphatic carbocycles. The Hall–Kier alpha value is -1.26. The number of primary amides is 2. The first-order chi connectivity index (χ1) is 5.50. The van der Waals surface area contributed by atoms with Gasteiger partial charge in [0.2, 0.25) is 5.91 Å². The highest BCUT2D eigenvalue weighted by Crippen LogP contribution is 1.85. The molecule has 0 aromatic rings. The Kier molecular flexibility index (Phi) is 10.8. The molecule has 0 unspecified atom stereocenters. The van der Waals surface area contributed by atoms with E-state index in [9.17, 15) is 9.59 Å². The second-order valence-corrected chi connectivity index (χ2v) is 2.13. The molecule has 0 spiro atoms. The average molecular weight is 176 g/mol. The maximum atomic E-state index is 9.87. The van der Waals surface area contributed by atoms with Gasteiger partial charge < -0.3 is 16.2 Å². The van der Waals surface area contributed by atoms with Crippen molar-refractivity contribution < 1.29 is 14.3 Å². The number of hydrogen-bond acceptors (Lipinski definition) is 3. The van der Waals surface area contributed by atoms with Crippen molar-refractivity contribution in [2.75, 3.05) is 6.61 Å². The van der Waals surface area contributed by atoms with Crippen molar-refractivity contribution in [3.05, 3.63) is 0 Å². The zero-order valence-electron chi connectivity index (χ0n) is 7.50. The van der Waals surface area contributed by atoms with Crippen molar-refractivity contribution in [2.45, 2.75) is 26.7 Å². The fourth-order valence-corrected chi connectivity index (χ4v) is 0.317. The Bertz CT molecular complexity index is 133. The SMILES string of the molecule is CC(N)=O.CCCCOC(N)=O. The van der Waals surface area contributed by atoms with Crippen molar-refractivity contribution in [3.8, 4) is 0 Å². The molecule has 0 aliphatic rings. The van der Waals surface area contributed by atoms with E-state index < -0.39 is 6.09 Å². The predicted molar refractivity (Wildman–Crippen MR) is 45.3 cm³/mol. The number of hydrogen-bond donors (Lipinski definition) is 2. The lowest BCUT2D eigenvalue weighted by molar-refractivity contribution is -0.115. The molecule has 0 aliphatic heterocycles. The van der Waals surface area contributed by atoms with Crippen molar-refractivity contribution in [1.82, 2.24) is 0 Å². The fraction of sp³-hybridized carbons (Fsp3) is 0.714. The summed E-state index contributed by atoms with van der Waals surface area (Å²) in [5.74, 6) is -0.333. The molecule has 2 amide bonds. The van der Waals surface area contributed by atoms with Crippen molar-refractivity contribution in [3.63, 3.8) is 0 Å². The van der Waals surface area contributed by atoms with Crippen LogP contribution in [0.1, 0.15) is 26.7 Å². The molecule has 72 valence electrons. The van der Waals surface area contributed by atoms with Gasteiger partial charge in [-0.25, -0.2) is 4.79 Å². The Labute approximate surface area is 72.1 Å². The lowest BCUT2D eigenvalue weighted by atomic mass is 10.4. The van der Waals surface area contributed by atoms with E-state index in [1.165, 1.54) is 6.92 Å². The van der Waals surface area contributed by atoms with Crippen LogP contribution in [0.4, 0.5) is 4.79 Å². The minimum Gasteiger partial charge on any atom is -0.450 e. The second-order valence-electron chi connectivity index (χ2n) is 2.13. The minimum atomic E-state index is -0.682. The summed E-state index contributed by atoms with van der Waals surface area (Å²) in [5, 5.41) is 0. The van der Waals surface area contributed by atoms with Gasteiger partial charge in [0.1, 0.15) is 0 Å². The number of ether oxygens (including phenoxy) is 1. The zero-order chi connectivity index (χ0) is 9.98. The summed E-state index contributed by atoms with van der Waals surface area (Å²) in [4.78, 5) is 19.1. The van der Waals surface area contributed by atoms with Crippen LogP contribution in [0.5, 0.6) is 0 Å². The summed E-state index contributed by atoms with van der Waals surface area (Å²) in [5.41, 5.74) is 9.14. The van der Waals surface area contributed by atoms with Crippen LogP contribution in [-0.2, 0) is 9.53 Å². The van der Waals surface area contributed by atoms with Gasteiger partial charge in [0.05, 0.1) is 6.61 Å². The van der Waals surface area contributed by atoms with Crippen molar-refractivity contribution in [1.29, 1.82) is 0 Å². The predicted octanol–water partition coefficient (Wildman–Crippen LogP) is 0.373. The van der Waals surface area contributed by atoms with Gasteiger partial charge >= 0.3 is 6.09 Å². The fourth-order valence-electron chi connectivity index (χ4n) is 0.317. The third kappa shape index (κ3) is 37.4. The topological polar surface area (TPSA) is 95.4 Å². The van der Waals surface area contributed by atoms with Gasteiger partial charge in [-0.2, -0.15) is 0 Å². The van der Waals surface area contributed by atoms with Crippen LogP contribution in [0.2, 0.25) is 0 Å². The number of amides is 2. The molecule has 5 heteroatoms. The van der Waals surface area contributed by atoms with E-state index in [1.54, 1.807) is 0 Å². The minimum absolute atomic E-state index is 0.333. The van der Waals surface area contributed by atoms with E-state index in [-0.39, 0.29) is 5.91 Å². The molecule has 0 heterocycles. The van der Waals surface area contributed by atoms with Crippen molar-refractivity contribution in [2.24, 2.45) is 11.5 Å². The van der Waals surface area contributed by atoms with Crippen LogP contribution in [-0.4, -0.2) is 18.6 Å². The molecule has 0 rings (SSSR count). The molecular weight excluding hydrogens is 160 g/mol. The molecule has 4 N–H and O–H groups in total. The Morgan fingerprint density at radius 3 is 2.00 bits per heavy atom. The van der Waals surface area contributed by atoms with Gasteiger partial charge in [0.25, 0.3) is 0 Å². The lowest BCUT2D eigenvalue weighted by Gasteiger charge is -1.95. The highest BCUT2D eigenvalue weighted by Gasteiger charge is 1.88. The first-order valence-electron chi connectivity index (χ1n) is 3.69. The summed E-state index contributed by atoms with van der Waals surface area (Å²) in [7, 11) is 0. The van der Waals surface area contributed by atoms with Gasteiger partial charge in [-0.3, -0.25) is 4.79 Å². The average Bonchev–Trinajstić information content (AvgIpc) is 1.86. The molecule has 0 radical (unpaired) electrons. The summed E-state index contributed by atoms with van der Waals surface area (Å²) < 4.78 is 4.42. The molecular formula is C7H16N2O3. The Balaban J connectivity index is 0. The summed E-state index contributed by atoms with van der Waals surface area (Å²) in [6.07, 6.45) is 1.23. The van der Waals surface area contributed by atoms with Gasteiger partial charge in [-0.15, -0.1) is 0 Å². The number of rotatable bonds is 3. The monoisotopic (exact) mass is 176 g/mol. The van der Waals surface area contributed by atoms with Crippen LogP contribution < -0.4 is 11.5 Å². The van der Waals surface area contributed by atoms with Crippen LogP contribution in [0.15, 0.2) is 0 Å². The van der Waals surface area contributed by atoms with Gasteiger partial charge in [-0.1, -0.05) is 13.3 Å². The lowest BCUT2D eigenvalue weighted by Crippen LogP contribution is -2.13. The molecule has 12 heavy (non-hydrogen) atoms. The molecule has 0 saturated heterocycles. The van der Waals surface area contributed by atoms with Crippen LogP contribution in [0.3, 0.4) is 0 Å². The van der Waals surface area contributed by atoms with E-state index in [0.717, 1.165) is 12.8 Å². The quantitative estimate of drug-likeness (QED) is 0.608. The van der Waals surface area contributed by atoms with Gasteiger partial charge in [0.15, 0.2) is 0 Å². The van der Waals surface area contributed by atoms with E-state index in [2.05, 4.69) is 16.2 Å². The maximum absolute atomic E-state index is 9.87. The number of nitrogens with two attached hydrogens (primary N) is 2. The van der Waals surface area contributed by atoms with Gasteiger partial charge in [0, 0.05) is 6.92 Å². The van der Waals surface area contributed by atoms with Crippen LogP contribution in [0, 0.1) is 0 Å². The molecule has 0 aromatic heterocycles. The summed E-state index contributed by atoms with van der Waals surface area (Å²) >= 11 is 0. The Morgan fingerprint density at radius 2 is 1.75 bits per heavy atom. The van der Waals surface area contributed by atoms with Crippen LogP contribution in [0.25, 0.3) is 0 Å². The third-order valence-electron chi connectivity index (χ3n) is 0.742. The first-order valence-corrected chi connectivity index (χ1v) is 3.69. The Morgan fingerprint density at radius 1 is 1.33 bits per heavy atom. The highest BCUT2D eigenvalue weighted by molar-refractivity contribution is 5.70. The van der Waals surface area contributed by atoms with Crippen LogP contribution >= 0.6 is 0 Å². The number of unbranched alkanes of at least 4 members (excludes halogenated alkanes) is 1. The van der Waals surface area contributed by atoms with Crippen molar-refractivity contribution >= 4 is 12.0 Å². The summed E-state index contributed by atoms with van der Waals surface area (Å²) in [6, 6.07) is 0. The standard InChI is InChI=1S/C5H11NO2.C2H5NO/c1-2-3-4-8-5(6)7;1-2(3)4/h2-4H2,1H3,(H2,6,7);1H3,(H2,3,4). The molecule has 0 atom stereocenters. The molecule has 5 nitrogen and oxygen atoms in total. The highest BCUT2D eigenvalue weighted by atomic mass is 16.5. The maximum Gasteiger partial charge on any atom is 0.404 e. The number of carbonyl (C=O) groups is 2. The third-order valence-corrected chi connectivity index (χ3v) is 0.742. The van der Waals surface area contributed by atoms with E-state index >= 15 is 0 Å². The normalized spacial score (nSPS) is 7.83. The largest absolute Gasteiger partial charge is 0.450 e. The van der Waals surface area contributed by atoms with E-state index in [0.29, 0.717) is 6.61 Å². The number of carbonyl (C=O) groups excluding carboxylic acids is 2. The first kappa shape index (κ1) is 13.3. The summed E-state index contributed by atoms with van der Waals surface area (Å²) in [6.45, 7) is 3.77. The molecule has 0 aromatic carbocycles. The van der Waals surface area contributed by atoms with E-state index in [4.69, 9.17) is 0 Å². The molecule has 0 bridgehead atoms. The van der Waals surface area contributed by atoms with E-state index in [1.807, 2.05) is 6.92 Å². The zero-order valence-corrected chi connectivity index (χ0v) is 7.50. The smallest absolute Gasteiger partial charge is 0.404 e. The second kappa shape index (κ2) is 9.74. The van der Waals surface area contributed by atoms with Gasteiger partial charge in [-0.05, 0) is 6.42 Å². The molecule has 0 saturated carbocycles. The molecule has 0 fully saturated rings.